The predicted molar refractivity (Wildman–Crippen MR) is 90.4 cm³/mol. The van der Waals surface area contributed by atoms with Crippen LogP contribution in [0, 0.1) is 0 Å². The zero-order valence-corrected chi connectivity index (χ0v) is 14.0. The van der Waals surface area contributed by atoms with Crippen molar-refractivity contribution in [3.05, 3.63) is 41.7 Å². The van der Waals surface area contributed by atoms with Crippen molar-refractivity contribution < 1.29 is 4.79 Å². The molecule has 3 rings (SSSR count). The first-order valence-corrected chi connectivity index (χ1v) is 8.76. The Morgan fingerprint density at radius 2 is 2.09 bits per heavy atom. The monoisotopic (exact) mass is 331 g/mol. The van der Waals surface area contributed by atoms with Crippen molar-refractivity contribution in [2.45, 2.75) is 29.8 Å². The summed E-state index contributed by atoms with van der Waals surface area (Å²) < 4.78 is 0. The number of piperidine rings is 1. The Morgan fingerprint density at radius 3 is 2.74 bits per heavy atom. The van der Waals surface area contributed by atoms with Crippen molar-refractivity contribution in [3.63, 3.8) is 0 Å². The van der Waals surface area contributed by atoms with E-state index >= 15 is 0 Å². The van der Waals surface area contributed by atoms with Gasteiger partial charge in [0.15, 0.2) is 5.16 Å². The van der Waals surface area contributed by atoms with E-state index in [1.807, 2.05) is 24.3 Å². The van der Waals surface area contributed by atoms with Gasteiger partial charge in [-0.2, -0.15) is 5.10 Å². The average molecular weight is 331 g/mol. The molecule has 0 unspecified atom stereocenters. The molecule has 0 aliphatic carbocycles. The molecule has 1 aliphatic heterocycles. The second-order valence-corrected chi connectivity index (χ2v) is 6.79. The lowest BCUT2D eigenvalue weighted by Gasteiger charge is -2.29. The third-order valence-corrected chi connectivity index (χ3v) is 4.99. The van der Waals surface area contributed by atoms with E-state index in [9.17, 15) is 4.79 Å². The molecular weight excluding hydrogens is 310 g/mol. The minimum absolute atomic E-state index is 0.0222. The second kappa shape index (κ2) is 7.61. The van der Waals surface area contributed by atoms with E-state index < -0.39 is 0 Å². The number of amides is 1. The minimum Gasteiger partial charge on any atom is -0.349 e. The summed E-state index contributed by atoms with van der Waals surface area (Å²) >= 11 is 1.59. The average Bonchev–Trinajstić information content (AvgIpc) is 3.09. The van der Waals surface area contributed by atoms with Crippen LogP contribution < -0.4 is 5.32 Å². The third-order valence-electron chi connectivity index (χ3n) is 4.04. The number of hydrogen-bond acceptors (Lipinski definition) is 5. The first-order chi connectivity index (χ1) is 11.2. The molecule has 0 radical (unpaired) electrons. The molecule has 0 spiro atoms. The number of H-pyrrole nitrogens is 1. The van der Waals surface area contributed by atoms with Gasteiger partial charge in [0.05, 0.1) is 0 Å². The van der Waals surface area contributed by atoms with Crippen LogP contribution in [0.3, 0.4) is 0 Å². The Hall–Kier alpha value is -1.86. The number of likely N-dealkylation sites (tertiary alicyclic amines) is 1. The fraction of sp³-hybridized carbons (Fsp3) is 0.438. The van der Waals surface area contributed by atoms with Gasteiger partial charge in [-0.05, 0) is 50.7 Å². The van der Waals surface area contributed by atoms with Crippen LogP contribution in [0.5, 0.6) is 0 Å². The molecule has 1 aromatic carbocycles. The lowest BCUT2D eigenvalue weighted by molar-refractivity contribution is 0.0917. The number of rotatable bonds is 5. The summed E-state index contributed by atoms with van der Waals surface area (Å²) in [5.74, 6) is 0.820. The molecule has 0 saturated carbocycles. The van der Waals surface area contributed by atoms with Gasteiger partial charge in [0.25, 0.3) is 5.91 Å². The molecule has 1 amide bonds. The van der Waals surface area contributed by atoms with Gasteiger partial charge in [0.2, 0.25) is 0 Å². The first-order valence-electron chi connectivity index (χ1n) is 7.77. The Balaban J connectivity index is 1.51. The van der Waals surface area contributed by atoms with E-state index in [-0.39, 0.29) is 5.91 Å². The smallest absolute Gasteiger partial charge is 0.251 e. The summed E-state index contributed by atoms with van der Waals surface area (Å²) in [6.07, 6.45) is 3.54. The van der Waals surface area contributed by atoms with Gasteiger partial charge in [-0.15, -0.1) is 0 Å². The number of thioether (sulfide) groups is 1. The number of aromatic amines is 1. The molecule has 1 fully saturated rings. The Kier molecular flexibility index (Phi) is 5.30. The number of nitrogens with one attached hydrogen (secondary N) is 2. The maximum Gasteiger partial charge on any atom is 0.251 e. The van der Waals surface area contributed by atoms with E-state index in [0.29, 0.717) is 6.04 Å². The number of aromatic nitrogens is 3. The second-order valence-electron chi connectivity index (χ2n) is 5.83. The molecule has 7 heteroatoms. The number of hydrogen-bond donors (Lipinski definition) is 2. The SMILES string of the molecule is CN1CCC(NC(=O)c2ccc(CSc3ncn[nH]3)cc2)CC1. The molecule has 1 saturated heterocycles. The Morgan fingerprint density at radius 1 is 1.35 bits per heavy atom. The lowest BCUT2D eigenvalue weighted by Crippen LogP contribution is -2.43. The minimum atomic E-state index is 0.0222. The highest BCUT2D eigenvalue weighted by Crippen LogP contribution is 2.18. The molecule has 1 aliphatic rings. The third kappa shape index (κ3) is 4.56. The van der Waals surface area contributed by atoms with Crippen LogP contribution in [0.2, 0.25) is 0 Å². The lowest BCUT2D eigenvalue weighted by atomic mass is 10.0. The molecule has 0 atom stereocenters. The van der Waals surface area contributed by atoms with Crippen molar-refractivity contribution in [1.29, 1.82) is 0 Å². The summed E-state index contributed by atoms with van der Waals surface area (Å²) in [5, 5.41) is 10.6. The molecule has 23 heavy (non-hydrogen) atoms. The maximum atomic E-state index is 12.3. The highest BCUT2D eigenvalue weighted by atomic mass is 32.2. The van der Waals surface area contributed by atoms with Crippen molar-refractivity contribution in [2.24, 2.45) is 0 Å². The summed E-state index contributed by atoms with van der Waals surface area (Å²) in [7, 11) is 2.12. The summed E-state index contributed by atoms with van der Waals surface area (Å²) in [6, 6.07) is 8.06. The van der Waals surface area contributed by atoms with Crippen LogP contribution in [0.15, 0.2) is 35.7 Å². The fourth-order valence-electron chi connectivity index (χ4n) is 2.59. The maximum absolute atomic E-state index is 12.3. The van der Waals surface area contributed by atoms with Crippen LogP contribution in [0.4, 0.5) is 0 Å². The largest absolute Gasteiger partial charge is 0.349 e. The zero-order chi connectivity index (χ0) is 16.1. The first kappa shape index (κ1) is 16.0. The predicted octanol–water partition coefficient (Wildman–Crippen LogP) is 1.92. The van der Waals surface area contributed by atoms with Crippen LogP contribution in [-0.2, 0) is 5.75 Å². The zero-order valence-electron chi connectivity index (χ0n) is 13.2. The van der Waals surface area contributed by atoms with Crippen LogP contribution in [0.1, 0.15) is 28.8 Å². The normalized spacial score (nSPS) is 16.4. The van der Waals surface area contributed by atoms with Gasteiger partial charge in [-0.3, -0.25) is 9.89 Å². The van der Waals surface area contributed by atoms with Gasteiger partial charge < -0.3 is 10.2 Å². The van der Waals surface area contributed by atoms with E-state index in [4.69, 9.17) is 0 Å². The van der Waals surface area contributed by atoms with E-state index in [1.54, 1.807) is 11.8 Å². The number of carbonyl (C=O) groups is 1. The van der Waals surface area contributed by atoms with E-state index in [0.717, 1.165) is 48.0 Å². The highest BCUT2D eigenvalue weighted by molar-refractivity contribution is 7.98. The highest BCUT2D eigenvalue weighted by Gasteiger charge is 2.18. The fourth-order valence-corrected chi connectivity index (χ4v) is 3.32. The van der Waals surface area contributed by atoms with Crippen LogP contribution in [-0.4, -0.2) is 52.2 Å². The van der Waals surface area contributed by atoms with Crippen molar-refractivity contribution in [1.82, 2.24) is 25.4 Å². The van der Waals surface area contributed by atoms with Gasteiger partial charge in [0.1, 0.15) is 6.33 Å². The van der Waals surface area contributed by atoms with E-state index in [2.05, 4.69) is 32.4 Å². The van der Waals surface area contributed by atoms with Crippen molar-refractivity contribution >= 4 is 17.7 Å². The van der Waals surface area contributed by atoms with Gasteiger partial charge in [0, 0.05) is 17.4 Å². The standard InChI is InChI=1S/C16H21N5OS/c1-21-8-6-14(7-9-21)19-15(22)13-4-2-12(3-5-13)10-23-16-17-11-18-20-16/h2-5,11,14H,6-10H2,1H3,(H,19,22)(H,17,18,20). The molecule has 2 aromatic rings. The van der Waals surface area contributed by atoms with Crippen molar-refractivity contribution in [2.75, 3.05) is 20.1 Å². The summed E-state index contributed by atoms with van der Waals surface area (Å²) in [6.45, 7) is 2.09. The van der Waals surface area contributed by atoms with Crippen molar-refractivity contribution in [3.8, 4) is 0 Å². The Labute approximate surface area is 140 Å². The molecule has 122 valence electrons. The molecule has 0 bridgehead atoms. The summed E-state index contributed by atoms with van der Waals surface area (Å²) in [5.41, 5.74) is 1.87. The van der Waals surface area contributed by atoms with Gasteiger partial charge in [-0.1, -0.05) is 23.9 Å². The molecule has 6 nitrogen and oxygen atoms in total. The van der Waals surface area contributed by atoms with Gasteiger partial charge >= 0.3 is 0 Å². The number of nitrogens with zero attached hydrogens (tertiary/aromatic N) is 3. The number of carbonyl (C=O) groups excluding carboxylic acids is 1. The molecule has 2 N–H and O–H groups in total. The van der Waals surface area contributed by atoms with Gasteiger partial charge in [-0.25, -0.2) is 4.98 Å². The topological polar surface area (TPSA) is 73.9 Å². The quantitative estimate of drug-likeness (QED) is 0.819. The number of benzene rings is 1. The van der Waals surface area contributed by atoms with Crippen LogP contribution >= 0.6 is 11.8 Å². The molecule has 1 aromatic heterocycles. The molecular formula is C16H21N5OS. The van der Waals surface area contributed by atoms with E-state index in [1.165, 1.54) is 6.33 Å². The van der Waals surface area contributed by atoms with Crippen LogP contribution in [0.25, 0.3) is 0 Å². The Bertz CT molecular complexity index is 620. The summed E-state index contributed by atoms with van der Waals surface area (Å²) in [4.78, 5) is 18.7. The molecule has 2 heterocycles.